The van der Waals surface area contributed by atoms with E-state index in [1.165, 1.54) is 0 Å². The van der Waals surface area contributed by atoms with E-state index in [-0.39, 0.29) is 18.8 Å². The molecule has 1 saturated heterocycles. The molecular weight excluding hydrogens is 234 g/mol. The van der Waals surface area contributed by atoms with Crippen LogP contribution in [0.25, 0.3) is 0 Å². The Morgan fingerprint density at radius 1 is 1.22 bits per heavy atom. The highest BCUT2D eigenvalue weighted by atomic mass is 16.8. The summed E-state index contributed by atoms with van der Waals surface area (Å²) in [6.07, 6.45) is -2.09. The second-order valence-electron chi connectivity index (χ2n) is 4.39. The van der Waals surface area contributed by atoms with Gasteiger partial charge in [0.05, 0.1) is 18.8 Å². The van der Waals surface area contributed by atoms with Crippen LogP contribution in [-0.4, -0.2) is 34.7 Å². The first-order valence-electron chi connectivity index (χ1n) is 5.92. The standard InChI is InChI=1S/C13H17NO4/c1-9-10(2)18-13(17-9)14(12(15)16)8-11-6-4-3-5-7-11/h3-7,9-10,13H,8H2,1-2H3,(H,15,16). The van der Waals surface area contributed by atoms with Crippen LogP contribution < -0.4 is 0 Å². The fourth-order valence-electron chi connectivity index (χ4n) is 1.78. The lowest BCUT2D eigenvalue weighted by molar-refractivity contribution is -0.155. The predicted octanol–water partition coefficient (Wildman–Crippen LogP) is 2.27. The van der Waals surface area contributed by atoms with E-state index in [1.807, 2.05) is 44.2 Å². The summed E-state index contributed by atoms with van der Waals surface area (Å²) in [5.74, 6) is 0. The van der Waals surface area contributed by atoms with Crippen LogP contribution in [0.5, 0.6) is 0 Å². The van der Waals surface area contributed by atoms with Gasteiger partial charge >= 0.3 is 6.09 Å². The number of rotatable bonds is 3. The van der Waals surface area contributed by atoms with Crippen molar-refractivity contribution in [1.29, 1.82) is 0 Å². The Morgan fingerprint density at radius 3 is 2.28 bits per heavy atom. The van der Waals surface area contributed by atoms with Crippen molar-refractivity contribution in [1.82, 2.24) is 4.90 Å². The van der Waals surface area contributed by atoms with Crippen molar-refractivity contribution in [3.63, 3.8) is 0 Å². The fraction of sp³-hybridized carbons (Fsp3) is 0.462. The number of ether oxygens (including phenoxy) is 2. The maximum atomic E-state index is 11.3. The van der Waals surface area contributed by atoms with Crippen molar-refractivity contribution in [3.8, 4) is 0 Å². The van der Waals surface area contributed by atoms with Crippen LogP contribution in [0, 0.1) is 0 Å². The molecule has 2 unspecified atom stereocenters. The highest BCUT2D eigenvalue weighted by Crippen LogP contribution is 2.22. The minimum absolute atomic E-state index is 0.104. The first-order valence-corrected chi connectivity index (χ1v) is 5.92. The Labute approximate surface area is 106 Å². The van der Waals surface area contributed by atoms with Gasteiger partial charge in [-0.2, -0.15) is 0 Å². The molecule has 2 rings (SSSR count). The van der Waals surface area contributed by atoms with Crippen molar-refractivity contribution >= 4 is 6.09 Å². The molecule has 1 heterocycles. The summed E-state index contributed by atoms with van der Waals surface area (Å²) >= 11 is 0. The zero-order chi connectivity index (χ0) is 13.1. The number of hydrogen-bond donors (Lipinski definition) is 1. The van der Waals surface area contributed by atoms with Gasteiger partial charge < -0.3 is 14.6 Å². The molecule has 0 spiro atoms. The Balaban J connectivity index is 2.08. The van der Waals surface area contributed by atoms with Crippen LogP contribution in [0.1, 0.15) is 19.4 Å². The number of carboxylic acid groups (broad SMARTS) is 1. The molecular formula is C13H17NO4. The lowest BCUT2D eigenvalue weighted by atomic mass is 10.2. The monoisotopic (exact) mass is 251 g/mol. The molecule has 18 heavy (non-hydrogen) atoms. The highest BCUT2D eigenvalue weighted by Gasteiger charge is 2.36. The smallest absolute Gasteiger partial charge is 0.411 e. The average Bonchev–Trinajstić information content (AvgIpc) is 2.67. The first kappa shape index (κ1) is 12.9. The molecule has 1 fully saturated rings. The second-order valence-corrected chi connectivity index (χ2v) is 4.39. The number of benzene rings is 1. The molecule has 0 radical (unpaired) electrons. The Morgan fingerprint density at radius 2 is 1.78 bits per heavy atom. The molecule has 0 aliphatic carbocycles. The summed E-state index contributed by atoms with van der Waals surface area (Å²) in [5.41, 5.74) is 0.902. The molecule has 2 atom stereocenters. The second kappa shape index (κ2) is 5.37. The van der Waals surface area contributed by atoms with E-state index in [2.05, 4.69) is 0 Å². The van der Waals surface area contributed by atoms with Gasteiger partial charge in [0.15, 0.2) is 0 Å². The molecule has 1 aliphatic heterocycles. The maximum absolute atomic E-state index is 11.3. The van der Waals surface area contributed by atoms with E-state index in [4.69, 9.17) is 9.47 Å². The van der Waals surface area contributed by atoms with Gasteiger partial charge in [-0.1, -0.05) is 30.3 Å². The third kappa shape index (κ3) is 2.80. The van der Waals surface area contributed by atoms with Crippen molar-refractivity contribution in [2.75, 3.05) is 0 Å². The van der Waals surface area contributed by atoms with Crippen molar-refractivity contribution in [2.45, 2.75) is 39.0 Å². The van der Waals surface area contributed by atoms with Crippen molar-refractivity contribution < 1.29 is 19.4 Å². The third-order valence-electron chi connectivity index (χ3n) is 3.02. The normalized spacial score (nSPS) is 27.1. The Hall–Kier alpha value is -1.59. The number of carbonyl (C=O) groups is 1. The summed E-state index contributed by atoms with van der Waals surface area (Å²) in [6.45, 7) is 3.99. The summed E-state index contributed by atoms with van der Waals surface area (Å²) in [6, 6.07) is 9.38. The van der Waals surface area contributed by atoms with Gasteiger partial charge in [0, 0.05) is 0 Å². The molecule has 98 valence electrons. The zero-order valence-electron chi connectivity index (χ0n) is 10.4. The van der Waals surface area contributed by atoms with Gasteiger partial charge in [-0.15, -0.1) is 0 Å². The van der Waals surface area contributed by atoms with Crippen LogP contribution in [0.3, 0.4) is 0 Å². The van der Waals surface area contributed by atoms with E-state index in [0.29, 0.717) is 0 Å². The van der Waals surface area contributed by atoms with Gasteiger partial charge in [0.2, 0.25) is 6.41 Å². The minimum atomic E-state index is -1.05. The van der Waals surface area contributed by atoms with Crippen LogP contribution in [-0.2, 0) is 16.0 Å². The quantitative estimate of drug-likeness (QED) is 0.895. The fourth-order valence-corrected chi connectivity index (χ4v) is 1.78. The molecule has 1 amide bonds. The van der Waals surface area contributed by atoms with E-state index < -0.39 is 12.5 Å². The SMILES string of the molecule is CC1OC(N(Cc2ccccc2)C(=O)O)OC1C. The van der Waals surface area contributed by atoms with Crippen LogP contribution in [0.15, 0.2) is 30.3 Å². The molecule has 1 aromatic carbocycles. The summed E-state index contributed by atoms with van der Waals surface area (Å²) < 4.78 is 11.0. The van der Waals surface area contributed by atoms with E-state index in [1.54, 1.807) is 0 Å². The maximum Gasteiger partial charge on any atom is 0.411 e. The zero-order valence-corrected chi connectivity index (χ0v) is 10.4. The first-order chi connectivity index (χ1) is 8.58. The highest BCUT2D eigenvalue weighted by molar-refractivity contribution is 5.65. The minimum Gasteiger partial charge on any atom is -0.465 e. The van der Waals surface area contributed by atoms with Gasteiger partial charge in [-0.05, 0) is 19.4 Å². The van der Waals surface area contributed by atoms with Gasteiger partial charge in [0.25, 0.3) is 0 Å². The van der Waals surface area contributed by atoms with Gasteiger partial charge in [-0.25, -0.2) is 4.79 Å². The average molecular weight is 251 g/mol. The lowest BCUT2D eigenvalue weighted by Gasteiger charge is -2.24. The van der Waals surface area contributed by atoms with E-state index >= 15 is 0 Å². The third-order valence-corrected chi connectivity index (χ3v) is 3.02. The number of hydrogen-bond acceptors (Lipinski definition) is 3. The molecule has 0 aromatic heterocycles. The van der Waals surface area contributed by atoms with E-state index in [9.17, 15) is 9.90 Å². The summed E-state index contributed by atoms with van der Waals surface area (Å²) in [7, 11) is 0. The largest absolute Gasteiger partial charge is 0.465 e. The lowest BCUT2D eigenvalue weighted by Crippen LogP contribution is -2.40. The van der Waals surface area contributed by atoms with Crippen LogP contribution >= 0.6 is 0 Å². The topological polar surface area (TPSA) is 59.0 Å². The molecule has 1 aliphatic rings. The predicted molar refractivity (Wildman–Crippen MR) is 64.9 cm³/mol. The molecule has 5 nitrogen and oxygen atoms in total. The molecule has 0 saturated carbocycles. The van der Waals surface area contributed by atoms with Gasteiger partial charge in [-0.3, -0.25) is 4.90 Å². The molecule has 5 heteroatoms. The molecule has 1 N–H and O–H groups in total. The summed E-state index contributed by atoms with van der Waals surface area (Å²) in [4.78, 5) is 12.4. The van der Waals surface area contributed by atoms with E-state index in [0.717, 1.165) is 10.5 Å². The Bertz CT molecular complexity index is 399. The summed E-state index contributed by atoms with van der Waals surface area (Å²) in [5, 5.41) is 9.23. The van der Waals surface area contributed by atoms with Crippen molar-refractivity contribution in [2.24, 2.45) is 0 Å². The molecule has 1 aromatic rings. The van der Waals surface area contributed by atoms with Crippen LogP contribution in [0.4, 0.5) is 4.79 Å². The number of nitrogens with zero attached hydrogens (tertiary/aromatic N) is 1. The van der Waals surface area contributed by atoms with Crippen LogP contribution in [0.2, 0.25) is 0 Å². The Kier molecular flexibility index (Phi) is 3.84. The van der Waals surface area contributed by atoms with Gasteiger partial charge in [0.1, 0.15) is 0 Å². The molecule has 0 bridgehead atoms. The van der Waals surface area contributed by atoms with Crippen molar-refractivity contribution in [3.05, 3.63) is 35.9 Å². The number of amides is 1.